The molecule has 12 heavy (non-hydrogen) atoms. The molecule has 1 aromatic heterocycles. The summed E-state index contributed by atoms with van der Waals surface area (Å²) >= 11 is 1.73. The lowest BCUT2D eigenvalue weighted by atomic mass is 9.94. The summed E-state index contributed by atoms with van der Waals surface area (Å²) in [5.41, 5.74) is 0.649. The van der Waals surface area contributed by atoms with E-state index in [1.54, 1.807) is 11.3 Å². The van der Waals surface area contributed by atoms with Gasteiger partial charge in [-0.15, -0.1) is 11.3 Å². The van der Waals surface area contributed by atoms with Crippen molar-refractivity contribution in [2.75, 3.05) is 13.2 Å². The van der Waals surface area contributed by atoms with Gasteiger partial charge in [0.25, 0.3) is 0 Å². The maximum absolute atomic E-state index is 9.75. The van der Waals surface area contributed by atoms with E-state index in [1.807, 2.05) is 0 Å². The predicted molar refractivity (Wildman–Crippen MR) is 48.5 cm³/mol. The van der Waals surface area contributed by atoms with Gasteiger partial charge in [-0.2, -0.15) is 0 Å². The summed E-state index contributed by atoms with van der Waals surface area (Å²) in [5.74, 6) is 0. The highest BCUT2D eigenvalue weighted by molar-refractivity contribution is 7.10. The highest BCUT2D eigenvalue weighted by Crippen LogP contribution is 2.24. The van der Waals surface area contributed by atoms with Crippen molar-refractivity contribution in [3.63, 3.8) is 0 Å². The number of aliphatic hydroxyl groups is 1. The van der Waals surface area contributed by atoms with E-state index in [0.29, 0.717) is 13.2 Å². The molecule has 0 amide bonds. The van der Waals surface area contributed by atoms with Crippen molar-refractivity contribution in [2.45, 2.75) is 18.9 Å². The zero-order chi connectivity index (χ0) is 8.60. The number of thiophene rings is 1. The molecule has 0 unspecified atom stereocenters. The Hall–Kier alpha value is -0.380. The molecule has 0 bridgehead atoms. The van der Waals surface area contributed by atoms with Gasteiger partial charge in [-0.05, 0) is 23.9 Å². The number of aryl methyl sites for hydroxylation is 1. The van der Waals surface area contributed by atoms with Crippen LogP contribution in [-0.4, -0.2) is 23.9 Å². The molecule has 2 heterocycles. The van der Waals surface area contributed by atoms with Crippen LogP contribution < -0.4 is 0 Å². The van der Waals surface area contributed by atoms with Crippen LogP contribution in [0.3, 0.4) is 0 Å². The molecule has 0 atom stereocenters. The molecular formula is C9H12O2S. The van der Waals surface area contributed by atoms with Gasteiger partial charge in [-0.1, -0.05) is 0 Å². The first-order valence-electron chi connectivity index (χ1n) is 4.02. The summed E-state index contributed by atoms with van der Waals surface area (Å²) in [6, 6.07) is 2.13. The van der Waals surface area contributed by atoms with Crippen molar-refractivity contribution in [1.82, 2.24) is 0 Å². The van der Waals surface area contributed by atoms with E-state index < -0.39 is 5.60 Å². The fourth-order valence-electron chi connectivity index (χ4n) is 1.41. The summed E-state index contributed by atoms with van der Waals surface area (Å²) in [5, 5.41) is 11.9. The third-order valence-electron chi connectivity index (χ3n) is 2.06. The summed E-state index contributed by atoms with van der Waals surface area (Å²) in [7, 11) is 0. The molecule has 3 heteroatoms. The van der Waals surface area contributed by atoms with E-state index in [-0.39, 0.29) is 0 Å². The van der Waals surface area contributed by atoms with Crippen LogP contribution in [0.2, 0.25) is 0 Å². The van der Waals surface area contributed by atoms with Gasteiger partial charge in [0, 0.05) is 11.3 Å². The van der Waals surface area contributed by atoms with E-state index >= 15 is 0 Å². The van der Waals surface area contributed by atoms with Crippen molar-refractivity contribution in [1.29, 1.82) is 0 Å². The fraction of sp³-hybridized carbons (Fsp3) is 0.556. The zero-order valence-electron chi connectivity index (χ0n) is 7.04. The van der Waals surface area contributed by atoms with Gasteiger partial charge in [-0.3, -0.25) is 0 Å². The smallest absolute Gasteiger partial charge is 0.115 e. The van der Waals surface area contributed by atoms with Crippen molar-refractivity contribution >= 4 is 11.3 Å². The lowest BCUT2D eigenvalue weighted by molar-refractivity contribution is -0.176. The second-order valence-corrected chi connectivity index (χ2v) is 4.57. The molecule has 2 rings (SSSR count). The largest absolute Gasteiger partial charge is 0.385 e. The first kappa shape index (κ1) is 8.23. The lowest BCUT2D eigenvalue weighted by Gasteiger charge is -2.36. The Bertz CT molecular complexity index is 276. The Morgan fingerprint density at radius 3 is 2.83 bits per heavy atom. The van der Waals surface area contributed by atoms with Gasteiger partial charge in [-0.25, -0.2) is 0 Å². The van der Waals surface area contributed by atoms with Crippen molar-refractivity contribution in [3.8, 4) is 0 Å². The molecular weight excluding hydrogens is 172 g/mol. The van der Waals surface area contributed by atoms with Crippen LogP contribution in [-0.2, 0) is 11.2 Å². The Morgan fingerprint density at radius 2 is 2.42 bits per heavy atom. The molecule has 0 saturated carbocycles. The normalized spacial score (nSPS) is 20.5. The van der Waals surface area contributed by atoms with E-state index in [1.165, 1.54) is 10.4 Å². The fourth-order valence-corrected chi connectivity index (χ4v) is 2.12. The third-order valence-corrected chi connectivity index (χ3v) is 2.97. The van der Waals surface area contributed by atoms with E-state index in [9.17, 15) is 5.11 Å². The third kappa shape index (κ3) is 1.53. The van der Waals surface area contributed by atoms with Gasteiger partial charge in [0.05, 0.1) is 13.2 Å². The second kappa shape index (κ2) is 2.83. The Labute approximate surface area is 75.8 Å². The maximum atomic E-state index is 9.75. The van der Waals surface area contributed by atoms with Crippen molar-refractivity contribution in [2.24, 2.45) is 0 Å². The molecule has 1 aromatic rings. The zero-order valence-corrected chi connectivity index (χ0v) is 7.86. The van der Waals surface area contributed by atoms with Crippen molar-refractivity contribution < 1.29 is 9.84 Å². The molecule has 0 spiro atoms. The van der Waals surface area contributed by atoms with Gasteiger partial charge >= 0.3 is 0 Å². The molecule has 2 nitrogen and oxygen atoms in total. The molecule has 1 saturated heterocycles. The van der Waals surface area contributed by atoms with Crippen LogP contribution in [0.1, 0.15) is 10.4 Å². The minimum absolute atomic E-state index is 0.488. The van der Waals surface area contributed by atoms with Gasteiger partial charge < -0.3 is 9.84 Å². The molecule has 1 N–H and O–H groups in total. The molecule has 1 aliphatic rings. The maximum Gasteiger partial charge on any atom is 0.115 e. The molecule has 0 aromatic carbocycles. The van der Waals surface area contributed by atoms with E-state index in [0.717, 1.165) is 6.42 Å². The van der Waals surface area contributed by atoms with Crippen LogP contribution in [0.4, 0.5) is 0 Å². The van der Waals surface area contributed by atoms with E-state index in [4.69, 9.17) is 4.74 Å². The Morgan fingerprint density at radius 1 is 1.67 bits per heavy atom. The molecule has 1 aliphatic heterocycles. The van der Waals surface area contributed by atoms with E-state index in [2.05, 4.69) is 18.4 Å². The van der Waals surface area contributed by atoms with Gasteiger partial charge in [0.2, 0.25) is 0 Å². The average molecular weight is 184 g/mol. The van der Waals surface area contributed by atoms with Crippen LogP contribution >= 0.6 is 11.3 Å². The molecule has 1 fully saturated rings. The minimum Gasteiger partial charge on any atom is -0.385 e. The standard InChI is InChI=1S/C9H12O2S/c1-7-2-8(4-12-7)3-9(10)5-11-6-9/h2,4,10H,3,5-6H2,1H3. The first-order valence-corrected chi connectivity index (χ1v) is 4.90. The number of rotatable bonds is 2. The quantitative estimate of drug-likeness (QED) is 0.752. The summed E-state index contributed by atoms with van der Waals surface area (Å²) in [6.45, 7) is 3.05. The highest BCUT2D eigenvalue weighted by Gasteiger charge is 2.36. The average Bonchev–Trinajstić information content (AvgIpc) is 2.32. The van der Waals surface area contributed by atoms with Crippen LogP contribution in [0.15, 0.2) is 11.4 Å². The summed E-state index contributed by atoms with van der Waals surface area (Å²) < 4.78 is 4.97. The topological polar surface area (TPSA) is 29.5 Å². The summed E-state index contributed by atoms with van der Waals surface area (Å²) in [6.07, 6.45) is 0.733. The predicted octanol–water partition coefficient (Wildman–Crippen LogP) is 1.36. The second-order valence-electron chi connectivity index (χ2n) is 3.46. The molecule has 66 valence electrons. The number of hydrogen-bond acceptors (Lipinski definition) is 3. The summed E-state index contributed by atoms with van der Waals surface area (Å²) in [4.78, 5) is 1.30. The first-order chi connectivity index (χ1) is 5.68. The highest BCUT2D eigenvalue weighted by atomic mass is 32.1. The van der Waals surface area contributed by atoms with Crippen molar-refractivity contribution in [3.05, 3.63) is 21.9 Å². The van der Waals surface area contributed by atoms with Crippen LogP contribution in [0.25, 0.3) is 0 Å². The minimum atomic E-state index is -0.576. The van der Waals surface area contributed by atoms with Crippen LogP contribution in [0.5, 0.6) is 0 Å². The monoisotopic (exact) mass is 184 g/mol. The molecule has 0 radical (unpaired) electrons. The van der Waals surface area contributed by atoms with Gasteiger partial charge in [0.15, 0.2) is 0 Å². The lowest BCUT2D eigenvalue weighted by Crippen LogP contribution is -2.51. The van der Waals surface area contributed by atoms with Gasteiger partial charge in [0.1, 0.15) is 5.60 Å². The number of ether oxygens (including phenoxy) is 1. The SMILES string of the molecule is Cc1cc(CC2(O)COC2)cs1. The van der Waals surface area contributed by atoms with Crippen LogP contribution in [0, 0.1) is 6.92 Å². The molecule has 0 aliphatic carbocycles. The number of hydrogen-bond donors (Lipinski definition) is 1. The Balaban J connectivity index is 2.03. The Kier molecular flexibility index (Phi) is 1.94.